The molecule has 0 saturated heterocycles. The third-order valence-corrected chi connectivity index (χ3v) is 7.14. The zero-order valence-electron chi connectivity index (χ0n) is 21.5. The van der Waals surface area contributed by atoms with Crippen molar-refractivity contribution >= 4 is 17.6 Å². The molecule has 1 saturated carbocycles. The maximum absolute atomic E-state index is 13.2. The molecule has 4 aromatic rings. The lowest BCUT2D eigenvalue weighted by Crippen LogP contribution is -2.30. The topological polar surface area (TPSA) is 96.2 Å². The Morgan fingerprint density at radius 3 is 2.39 bits per heavy atom. The van der Waals surface area contributed by atoms with Crippen LogP contribution in [0.2, 0.25) is 0 Å². The summed E-state index contributed by atoms with van der Waals surface area (Å²) in [5.41, 5.74) is 5.04. The minimum atomic E-state index is -0.304. The number of nitrogens with one attached hydrogen (secondary N) is 2. The molecule has 0 bridgehead atoms. The first-order valence-electron chi connectivity index (χ1n) is 13.2. The number of aromatic nitrogens is 2. The van der Waals surface area contributed by atoms with Gasteiger partial charge in [0.1, 0.15) is 5.75 Å². The van der Waals surface area contributed by atoms with Gasteiger partial charge in [-0.25, -0.2) is 4.79 Å². The van der Waals surface area contributed by atoms with Crippen LogP contribution in [0.3, 0.4) is 0 Å². The third-order valence-electron chi connectivity index (χ3n) is 7.14. The molecule has 1 aliphatic carbocycles. The van der Waals surface area contributed by atoms with Gasteiger partial charge in [0.15, 0.2) is 0 Å². The minimum Gasteiger partial charge on any atom is -0.507 e. The predicted octanol–water partition coefficient (Wildman–Crippen LogP) is 6.49. The van der Waals surface area contributed by atoms with Crippen molar-refractivity contribution in [1.82, 2.24) is 15.1 Å². The molecule has 1 fully saturated rings. The first-order chi connectivity index (χ1) is 18.5. The molecular formula is C31H32N4O3. The summed E-state index contributed by atoms with van der Waals surface area (Å²) in [5, 5.41) is 21.2. The number of hydrogen-bond donors (Lipinski definition) is 3. The fraction of sp³-hybridized carbons (Fsp3) is 0.258. The second kappa shape index (κ2) is 11.3. The van der Waals surface area contributed by atoms with E-state index in [4.69, 9.17) is 0 Å². The van der Waals surface area contributed by atoms with E-state index < -0.39 is 0 Å². The predicted molar refractivity (Wildman–Crippen MR) is 148 cm³/mol. The Morgan fingerprint density at radius 1 is 0.947 bits per heavy atom. The van der Waals surface area contributed by atoms with Crippen molar-refractivity contribution in [3.05, 3.63) is 101 Å². The maximum atomic E-state index is 13.2. The highest BCUT2D eigenvalue weighted by atomic mass is 16.3. The highest BCUT2D eigenvalue weighted by molar-refractivity contribution is 6.04. The van der Waals surface area contributed by atoms with Crippen molar-refractivity contribution < 1.29 is 14.7 Å². The van der Waals surface area contributed by atoms with Gasteiger partial charge in [-0.15, -0.1) is 0 Å². The molecule has 0 unspecified atom stereocenters. The van der Waals surface area contributed by atoms with Gasteiger partial charge in [0.25, 0.3) is 5.91 Å². The lowest BCUT2D eigenvalue weighted by molar-refractivity contribution is 0.102. The molecule has 3 aromatic carbocycles. The molecule has 1 aliphatic rings. The standard InChI is InChI=1S/C31H32N4O3/c1-2-21-12-14-24(15-13-21)30(37)33-25-16-17-29(36)26(18-25)27-19-28(23-10-6-7-11-23)35(34-27)31(38)32-20-22-8-4-3-5-9-22/h3-5,8-9,12-19,23,36H,2,6-7,10-11,20H2,1H3,(H,32,38)(H,33,37). The van der Waals surface area contributed by atoms with Crippen molar-refractivity contribution in [3.63, 3.8) is 0 Å². The van der Waals surface area contributed by atoms with Gasteiger partial charge < -0.3 is 15.7 Å². The van der Waals surface area contributed by atoms with Gasteiger partial charge in [-0.2, -0.15) is 9.78 Å². The number of phenolic OH excluding ortho intramolecular Hbond substituents is 1. The van der Waals surface area contributed by atoms with E-state index in [-0.39, 0.29) is 23.6 Å². The van der Waals surface area contributed by atoms with Gasteiger partial charge in [0.05, 0.1) is 11.4 Å². The Labute approximate surface area is 222 Å². The van der Waals surface area contributed by atoms with Crippen LogP contribution >= 0.6 is 0 Å². The normalized spacial score (nSPS) is 13.4. The molecular weight excluding hydrogens is 476 g/mol. The molecule has 7 heteroatoms. The molecule has 0 atom stereocenters. The quantitative estimate of drug-likeness (QED) is 0.249. The number of aromatic hydroxyl groups is 1. The summed E-state index contributed by atoms with van der Waals surface area (Å²) in [6, 6.07) is 23.7. The Balaban J connectivity index is 1.40. The number of hydrogen-bond acceptors (Lipinski definition) is 4. The van der Waals surface area contributed by atoms with Crippen LogP contribution in [-0.4, -0.2) is 26.8 Å². The first kappa shape index (κ1) is 25.3. The van der Waals surface area contributed by atoms with Crippen molar-refractivity contribution in [1.29, 1.82) is 0 Å². The van der Waals surface area contributed by atoms with Gasteiger partial charge in [-0.3, -0.25) is 4.79 Å². The number of nitrogens with zero attached hydrogens (tertiary/aromatic N) is 2. The lowest BCUT2D eigenvalue weighted by atomic mass is 10.0. The molecule has 7 nitrogen and oxygen atoms in total. The smallest absolute Gasteiger partial charge is 0.342 e. The average molecular weight is 509 g/mol. The monoisotopic (exact) mass is 508 g/mol. The minimum absolute atomic E-state index is 0.0302. The summed E-state index contributed by atoms with van der Waals surface area (Å²) in [6.45, 7) is 2.46. The van der Waals surface area contributed by atoms with E-state index >= 15 is 0 Å². The zero-order valence-corrected chi connectivity index (χ0v) is 21.5. The molecule has 1 aromatic heterocycles. The maximum Gasteiger partial charge on any atom is 0.342 e. The molecule has 0 radical (unpaired) electrons. The number of benzene rings is 3. The van der Waals surface area contributed by atoms with E-state index in [1.165, 1.54) is 10.7 Å². The van der Waals surface area contributed by atoms with Gasteiger partial charge in [-0.05, 0) is 66.8 Å². The Hall–Kier alpha value is -4.39. The second-order valence-electron chi connectivity index (χ2n) is 9.73. The SMILES string of the molecule is CCc1ccc(C(=O)Nc2ccc(O)c(-c3cc(C4CCCC4)n(C(=O)NCc4ccccc4)n3)c2)cc1. The number of phenols is 1. The van der Waals surface area contributed by atoms with E-state index in [9.17, 15) is 14.7 Å². The highest BCUT2D eigenvalue weighted by Gasteiger charge is 2.26. The summed E-state index contributed by atoms with van der Waals surface area (Å²) in [7, 11) is 0. The van der Waals surface area contributed by atoms with Crippen LogP contribution in [0.5, 0.6) is 5.75 Å². The Bertz CT molecular complexity index is 1420. The highest BCUT2D eigenvalue weighted by Crippen LogP contribution is 2.38. The fourth-order valence-electron chi connectivity index (χ4n) is 4.96. The van der Waals surface area contributed by atoms with Gasteiger partial charge in [-0.1, -0.05) is 62.2 Å². The molecule has 38 heavy (non-hydrogen) atoms. The van der Waals surface area contributed by atoms with Crippen LogP contribution in [0.25, 0.3) is 11.3 Å². The van der Waals surface area contributed by atoms with Crippen LogP contribution in [-0.2, 0) is 13.0 Å². The van der Waals surface area contributed by atoms with Gasteiger partial charge >= 0.3 is 6.03 Å². The number of aryl methyl sites for hydroxylation is 1. The van der Waals surface area contributed by atoms with Crippen molar-refractivity contribution in [2.24, 2.45) is 0 Å². The zero-order chi connectivity index (χ0) is 26.5. The number of amides is 2. The van der Waals surface area contributed by atoms with E-state index in [2.05, 4.69) is 22.7 Å². The Morgan fingerprint density at radius 2 is 1.68 bits per heavy atom. The molecule has 0 spiro atoms. The number of carbonyl (C=O) groups excluding carboxylic acids is 2. The second-order valence-corrected chi connectivity index (χ2v) is 9.73. The van der Waals surface area contributed by atoms with Crippen LogP contribution in [0.15, 0.2) is 78.9 Å². The van der Waals surface area contributed by atoms with E-state index in [0.29, 0.717) is 29.1 Å². The Kier molecular flexibility index (Phi) is 7.54. The van der Waals surface area contributed by atoms with Crippen LogP contribution in [0, 0.1) is 0 Å². The number of carbonyl (C=O) groups is 2. The summed E-state index contributed by atoms with van der Waals surface area (Å²) in [5.74, 6) is 0.0271. The summed E-state index contributed by atoms with van der Waals surface area (Å²) >= 11 is 0. The average Bonchev–Trinajstić information content (AvgIpc) is 3.64. The molecule has 194 valence electrons. The number of rotatable bonds is 7. The molecule has 5 rings (SSSR count). The van der Waals surface area contributed by atoms with Crippen LogP contribution in [0.1, 0.15) is 65.7 Å². The summed E-state index contributed by atoms with van der Waals surface area (Å²) < 4.78 is 1.44. The van der Waals surface area contributed by atoms with Crippen molar-refractivity contribution in [2.45, 2.75) is 51.5 Å². The number of anilines is 1. The molecule has 2 amide bonds. The summed E-state index contributed by atoms with van der Waals surface area (Å²) in [6.07, 6.45) is 5.13. The summed E-state index contributed by atoms with van der Waals surface area (Å²) in [4.78, 5) is 26.0. The van der Waals surface area contributed by atoms with Gasteiger partial charge in [0.2, 0.25) is 0 Å². The van der Waals surface area contributed by atoms with Crippen LogP contribution in [0.4, 0.5) is 10.5 Å². The molecule has 3 N–H and O–H groups in total. The van der Waals surface area contributed by atoms with Crippen molar-refractivity contribution in [2.75, 3.05) is 5.32 Å². The molecule has 0 aliphatic heterocycles. The fourth-order valence-corrected chi connectivity index (χ4v) is 4.96. The van der Waals surface area contributed by atoms with Gasteiger partial charge in [0, 0.05) is 29.3 Å². The third kappa shape index (κ3) is 5.62. The van der Waals surface area contributed by atoms with E-state index in [0.717, 1.165) is 48.9 Å². The van der Waals surface area contributed by atoms with Crippen molar-refractivity contribution in [3.8, 4) is 17.0 Å². The van der Waals surface area contributed by atoms with Crippen LogP contribution < -0.4 is 10.6 Å². The molecule has 1 heterocycles. The first-order valence-corrected chi connectivity index (χ1v) is 13.2. The van der Waals surface area contributed by atoms with E-state index in [1.807, 2.05) is 48.5 Å². The van der Waals surface area contributed by atoms with E-state index in [1.54, 1.807) is 24.3 Å². The lowest BCUT2D eigenvalue weighted by Gasteiger charge is -2.12. The largest absolute Gasteiger partial charge is 0.507 e.